The van der Waals surface area contributed by atoms with Gasteiger partial charge in [0.05, 0.1) is 22.1 Å². The summed E-state index contributed by atoms with van der Waals surface area (Å²) in [7, 11) is -4.49. The van der Waals surface area contributed by atoms with E-state index in [1.165, 1.54) is 6.92 Å². The first-order valence-electron chi connectivity index (χ1n) is 7.26. The number of ether oxygens (including phenoxy) is 1. The zero-order chi connectivity index (χ0) is 20.4. The van der Waals surface area contributed by atoms with Crippen LogP contribution in [0.1, 0.15) is 12.5 Å². The van der Waals surface area contributed by atoms with Gasteiger partial charge < -0.3 is 14.2 Å². The summed E-state index contributed by atoms with van der Waals surface area (Å²) in [5.74, 6) is -0.558. The number of non-ortho nitro benzene ring substituents is 1. The quantitative estimate of drug-likeness (QED) is 0.401. The second-order valence-electron chi connectivity index (χ2n) is 5.09. The van der Waals surface area contributed by atoms with Crippen LogP contribution in [0.4, 0.5) is 18.9 Å². The van der Waals surface area contributed by atoms with Gasteiger partial charge in [0.1, 0.15) is 16.8 Å². The van der Waals surface area contributed by atoms with Crippen LogP contribution >= 0.6 is 19.2 Å². The van der Waals surface area contributed by atoms with Crippen molar-refractivity contribution in [1.82, 2.24) is 0 Å². The summed E-state index contributed by atoms with van der Waals surface area (Å²) in [4.78, 5) is 20.2. The predicted molar refractivity (Wildman–Crippen MR) is 90.7 cm³/mol. The molecule has 0 bridgehead atoms. The van der Waals surface area contributed by atoms with Crippen molar-refractivity contribution in [1.29, 1.82) is 0 Å². The molecule has 0 spiro atoms. The highest BCUT2D eigenvalue weighted by atomic mass is 35.5. The molecule has 2 aromatic carbocycles. The van der Waals surface area contributed by atoms with E-state index >= 15 is 0 Å². The Labute approximate surface area is 156 Å². The second kappa shape index (κ2) is 7.85. The van der Waals surface area contributed by atoms with E-state index in [2.05, 4.69) is 0 Å². The Morgan fingerprint density at radius 3 is 2.37 bits per heavy atom. The van der Waals surface area contributed by atoms with Crippen LogP contribution in [0.3, 0.4) is 0 Å². The largest absolute Gasteiger partial charge is 0.455 e. The molecule has 12 heteroatoms. The highest BCUT2D eigenvalue weighted by Crippen LogP contribution is 2.46. The van der Waals surface area contributed by atoms with E-state index in [1.807, 2.05) is 0 Å². The summed E-state index contributed by atoms with van der Waals surface area (Å²) in [6.07, 6.45) is -4.61. The molecule has 0 heterocycles. The highest BCUT2D eigenvalue weighted by Gasteiger charge is 2.32. The molecule has 0 aliphatic heterocycles. The standard InChI is InChI=1S/C15H12ClF3NO6P/c1-2-25-27(23,24)14-8-10(20(21)22)4-6-13(14)26-12-5-3-9(7-11(12)16)15(17,18)19/h3-8H,2H2,1H3,(H,23,24). The lowest BCUT2D eigenvalue weighted by molar-refractivity contribution is -0.384. The second-order valence-corrected chi connectivity index (χ2v) is 7.28. The van der Waals surface area contributed by atoms with Gasteiger partial charge in [0.2, 0.25) is 0 Å². The van der Waals surface area contributed by atoms with Crippen molar-refractivity contribution in [2.45, 2.75) is 13.1 Å². The lowest BCUT2D eigenvalue weighted by Crippen LogP contribution is -2.12. The monoisotopic (exact) mass is 425 g/mol. The van der Waals surface area contributed by atoms with Crippen LogP contribution in [-0.4, -0.2) is 16.4 Å². The maximum atomic E-state index is 12.7. The van der Waals surface area contributed by atoms with Crippen molar-refractivity contribution in [3.05, 3.63) is 57.1 Å². The fraction of sp³-hybridized carbons (Fsp3) is 0.200. The molecule has 0 aliphatic rings. The van der Waals surface area contributed by atoms with Crippen molar-refractivity contribution < 1.29 is 36.8 Å². The number of nitro groups is 1. The fourth-order valence-electron chi connectivity index (χ4n) is 2.05. The lowest BCUT2D eigenvalue weighted by atomic mass is 10.2. The number of hydrogen-bond acceptors (Lipinski definition) is 5. The van der Waals surface area contributed by atoms with Crippen LogP contribution in [0, 0.1) is 10.1 Å². The maximum absolute atomic E-state index is 12.7. The molecule has 0 saturated carbocycles. The number of hydrogen-bond donors (Lipinski definition) is 1. The van der Waals surface area contributed by atoms with Crippen LogP contribution in [0.5, 0.6) is 11.5 Å². The highest BCUT2D eigenvalue weighted by molar-refractivity contribution is 7.61. The van der Waals surface area contributed by atoms with Gasteiger partial charge >= 0.3 is 13.8 Å². The van der Waals surface area contributed by atoms with Gasteiger partial charge in [0.25, 0.3) is 5.69 Å². The summed E-state index contributed by atoms with van der Waals surface area (Å²) < 4.78 is 60.5. The summed E-state index contributed by atoms with van der Waals surface area (Å²) >= 11 is 5.80. The van der Waals surface area contributed by atoms with E-state index in [1.54, 1.807) is 0 Å². The summed E-state index contributed by atoms with van der Waals surface area (Å²) in [5, 5.41) is 9.99. The minimum atomic E-state index is -4.61. The number of nitrogens with zero attached hydrogens (tertiary/aromatic N) is 1. The third-order valence-electron chi connectivity index (χ3n) is 3.24. The van der Waals surface area contributed by atoms with E-state index in [0.29, 0.717) is 12.1 Å². The fourth-order valence-corrected chi connectivity index (χ4v) is 3.45. The molecular formula is C15H12ClF3NO6P. The van der Waals surface area contributed by atoms with Gasteiger partial charge in [-0.3, -0.25) is 14.7 Å². The van der Waals surface area contributed by atoms with Gasteiger partial charge in [-0.15, -0.1) is 0 Å². The van der Waals surface area contributed by atoms with Crippen molar-refractivity contribution in [2.75, 3.05) is 6.61 Å². The van der Waals surface area contributed by atoms with Gasteiger partial charge in [-0.25, -0.2) is 0 Å². The molecule has 1 N–H and O–H groups in total. The molecule has 7 nitrogen and oxygen atoms in total. The van der Waals surface area contributed by atoms with E-state index in [4.69, 9.17) is 20.9 Å². The molecule has 1 atom stereocenters. The lowest BCUT2D eigenvalue weighted by Gasteiger charge is -2.16. The SMILES string of the molecule is CCOP(=O)(O)c1cc([N+](=O)[O-])ccc1Oc1ccc(C(F)(F)F)cc1Cl. The molecular weight excluding hydrogens is 414 g/mol. The Morgan fingerprint density at radius 1 is 1.22 bits per heavy atom. The zero-order valence-electron chi connectivity index (χ0n) is 13.6. The first kappa shape index (κ1) is 21.2. The third kappa shape index (κ3) is 4.98. The molecule has 0 aromatic heterocycles. The molecule has 2 rings (SSSR count). The normalized spacial score (nSPS) is 13.9. The van der Waals surface area contributed by atoms with Crippen molar-refractivity contribution >= 4 is 30.2 Å². The molecule has 146 valence electrons. The molecule has 2 aromatic rings. The smallest absolute Gasteiger partial charge is 0.416 e. The number of benzene rings is 2. The summed E-state index contributed by atoms with van der Waals surface area (Å²) in [5.41, 5.74) is -1.50. The molecule has 0 amide bonds. The Morgan fingerprint density at radius 2 is 1.85 bits per heavy atom. The summed E-state index contributed by atoms with van der Waals surface area (Å²) in [6.45, 7) is 1.27. The molecule has 0 fully saturated rings. The van der Waals surface area contributed by atoms with E-state index < -0.39 is 40.3 Å². The van der Waals surface area contributed by atoms with Gasteiger partial charge in [-0.1, -0.05) is 11.6 Å². The predicted octanol–water partition coefficient (Wildman–Crippen LogP) is 4.91. The maximum Gasteiger partial charge on any atom is 0.416 e. The number of halogens is 4. The average Bonchev–Trinajstić information content (AvgIpc) is 2.55. The van der Waals surface area contributed by atoms with Crippen LogP contribution in [-0.2, 0) is 15.3 Å². The van der Waals surface area contributed by atoms with E-state index in [9.17, 15) is 32.7 Å². The summed E-state index contributed by atoms with van der Waals surface area (Å²) in [6, 6.07) is 5.10. The first-order chi connectivity index (χ1) is 12.5. The molecule has 0 radical (unpaired) electrons. The molecule has 27 heavy (non-hydrogen) atoms. The van der Waals surface area contributed by atoms with E-state index in [0.717, 1.165) is 24.3 Å². The minimum Gasteiger partial charge on any atom is -0.455 e. The Hall–Kier alpha value is -2.13. The first-order valence-corrected chi connectivity index (χ1v) is 9.22. The Bertz CT molecular complexity index is 921. The van der Waals surface area contributed by atoms with Crippen LogP contribution in [0.15, 0.2) is 36.4 Å². The Kier molecular flexibility index (Phi) is 6.16. The number of rotatable bonds is 6. The van der Waals surface area contributed by atoms with Gasteiger partial charge in [-0.05, 0) is 31.2 Å². The van der Waals surface area contributed by atoms with Gasteiger partial charge in [-0.2, -0.15) is 13.2 Å². The van der Waals surface area contributed by atoms with Crippen LogP contribution in [0.25, 0.3) is 0 Å². The molecule has 0 aliphatic carbocycles. The topological polar surface area (TPSA) is 98.9 Å². The van der Waals surface area contributed by atoms with Crippen LogP contribution in [0.2, 0.25) is 5.02 Å². The van der Waals surface area contributed by atoms with E-state index in [-0.39, 0.29) is 18.1 Å². The third-order valence-corrected chi connectivity index (χ3v) is 5.10. The zero-order valence-corrected chi connectivity index (χ0v) is 15.2. The van der Waals surface area contributed by atoms with Crippen molar-refractivity contribution in [3.63, 3.8) is 0 Å². The number of alkyl halides is 3. The Balaban J connectivity index is 2.50. The van der Waals surface area contributed by atoms with Gasteiger partial charge in [0, 0.05) is 12.1 Å². The minimum absolute atomic E-state index is 0.170. The molecule has 1 unspecified atom stereocenters. The molecule has 0 saturated heterocycles. The van der Waals surface area contributed by atoms with Crippen molar-refractivity contribution in [3.8, 4) is 11.5 Å². The van der Waals surface area contributed by atoms with Crippen molar-refractivity contribution in [2.24, 2.45) is 0 Å². The number of nitro benzene ring substituents is 1. The van der Waals surface area contributed by atoms with Crippen LogP contribution < -0.4 is 10.0 Å². The average molecular weight is 426 g/mol. The van der Waals surface area contributed by atoms with Gasteiger partial charge in [0.15, 0.2) is 0 Å².